The molecule has 216 valence electrons. The molecular formula is C21H25N7O10S2. The fraction of sp³-hybridized carbons (Fsp3) is 0.333. The van der Waals surface area contributed by atoms with E-state index >= 15 is 0 Å². The Balaban J connectivity index is 1.78. The number of carbonyl (C=O) groups is 3. The minimum atomic E-state index is -5.01. The molecule has 2 atom stereocenters. The molecule has 1 saturated heterocycles. The van der Waals surface area contributed by atoms with Crippen molar-refractivity contribution >= 4 is 56.2 Å². The molecule has 1 fully saturated rings. The highest BCUT2D eigenvalue weighted by Crippen LogP contribution is 2.33. The highest BCUT2D eigenvalue weighted by molar-refractivity contribution is 7.80. The number of benzene rings is 1. The van der Waals surface area contributed by atoms with Crippen molar-refractivity contribution in [1.82, 2.24) is 15.4 Å². The van der Waals surface area contributed by atoms with Gasteiger partial charge in [0, 0.05) is 10.9 Å². The van der Waals surface area contributed by atoms with E-state index in [1.54, 1.807) is 0 Å². The number of carbonyl (C=O) groups excluding carboxylic acids is 2. The minimum Gasteiger partial charge on any atom is -0.490 e. The maximum atomic E-state index is 13.1. The molecule has 0 radical (unpaired) electrons. The minimum absolute atomic E-state index is 0.0505. The van der Waals surface area contributed by atoms with Crippen LogP contribution in [0.1, 0.15) is 31.5 Å². The first kappa shape index (κ1) is 30.2. The molecule has 8 N–H and O–H groups in total. The number of carboxylic acid groups (broad SMARTS) is 1. The number of amidine groups is 1. The number of thiazole rings is 1. The molecule has 1 unspecified atom stereocenters. The Morgan fingerprint density at radius 3 is 2.48 bits per heavy atom. The van der Waals surface area contributed by atoms with Gasteiger partial charge in [0.05, 0.1) is 12.0 Å². The van der Waals surface area contributed by atoms with E-state index < -0.39 is 58.0 Å². The monoisotopic (exact) mass is 599 g/mol. The molecule has 40 heavy (non-hydrogen) atoms. The highest BCUT2D eigenvalue weighted by atomic mass is 32.3. The number of nitrogens with zero attached hydrogens (tertiary/aromatic N) is 3. The number of nitrogens with two attached hydrogens (primary N) is 2. The number of aliphatic carboxylic acids is 1. The number of oxime groups is 1. The number of nitrogen functional groups attached to an aromatic ring is 2. The first-order valence-electron chi connectivity index (χ1n) is 11.1. The zero-order chi connectivity index (χ0) is 29.8. The summed E-state index contributed by atoms with van der Waals surface area (Å²) in [6.07, 6.45) is -1.76. The van der Waals surface area contributed by atoms with Crippen LogP contribution in [0.15, 0.2) is 34.8 Å². The van der Waals surface area contributed by atoms with Gasteiger partial charge in [0.25, 0.3) is 11.8 Å². The Hall–Kier alpha value is -4.33. The topological polar surface area (TPSA) is 270 Å². The van der Waals surface area contributed by atoms with E-state index in [2.05, 4.69) is 19.7 Å². The van der Waals surface area contributed by atoms with Crippen LogP contribution >= 0.6 is 11.3 Å². The van der Waals surface area contributed by atoms with Gasteiger partial charge in [-0.2, -0.15) is 13.5 Å². The van der Waals surface area contributed by atoms with E-state index in [0.717, 1.165) is 11.3 Å². The van der Waals surface area contributed by atoms with E-state index in [1.165, 1.54) is 43.5 Å². The number of carboxylic acids is 1. The second kappa shape index (κ2) is 11.8. The smallest absolute Gasteiger partial charge is 0.418 e. The van der Waals surface area contributed by atoms with Crippen LogP contribution in [0.2, 0.25) is 0 Å². The molecule has 1 aromatic carbocycles. The highest BCUT2D eigenvalue weighted by Gasteiger charge is 2.58. The van der Waals surface area contributed by atoms with Gasteiger partial charge in [0.15, 0.2) is 16.9 Å². The molecule has 1 aromatic heterocycles. The second-order valence-electron chi connectivity index (χ2n) is 8.78. The first-order valence-corrected chi connectivity index (χ1v) is 13.4. The molecule has 0 aliphatic carbocycles. The number of anilines is 1. The third-order valence-corrected chi connectivity index (χ3v) is 6.41. The fourth-order valence-electron chi connectivity index (χ4n) is 3.39. The molecule has 0 spiro atoms. The first-order chi connectivity index (χ1) is 18.6. The zero-order valence-corrected chi connectivity index (χ0v) is 22.6. The number of aromatic nitrogens is 1. The maximum Gasteiger partial charge on any atom is 0.418 e. The van der Waals surface area contributed by atoms with Crippen LogP contribution in [0.25, 0.3) is 0 Å². The van der Waals surface area contributed by atoms with Crippen LogP contribution in [-0.4, -0.2) is 81.7 Å². The van der Waals surface area contributed by atoms with Crippen molar-refractivity contribution in [2.24, 2.45) is 10.9 Å². The van der Waals surface area contributed by atoms with Gasteiger partial charge in [-0.1, -0.05) is 5.16 Å². The van der Waals surface area contributed by atoms with Crippen molar-refractivity contribution in [2.75, 3.05) is 12.3 Å². The lowest BCUT2D eigenvalue weighted by atomic mass is 9.84. The Kier molecular flexibility index (Phi) is 8.93. The number of hydroxylamine groups is 2. The lowest BCUT2D eigenvalue weighted by molar-refractivity contribution is -0.218. The van der Waals surface area contributed by atoms with Crippen molar-refractivity contribution in [3.8, 4) is 5.75 Å². The molecule has 1 aliphatic rings. The van der Waals surface area contributed by atoms with E-state index in [1.807, 2.05) is 0 Å². The summed E-state index contributed by atoms with van der Waals surface area (Å²) in [5, 5.41) is 24.7. The van der Waals surface area contributed by atoms with Crippen LogP contribution in [0, 0.1) is 5.41 Å². The van der Waals surface area contributed by atoms with Gasteiger partial charge in [0.1, 0.15) is 29.9 Å². The molecule has 2 aromatic rings. The summed E-state index contributed by atoms with van der Waals surface area (Å²) in [5.74, 6) is -3.05. The quantitative estimate of drug-likeness (QED) is 0.0557. The van der Waals surface area contributed by atoms with Crippen LogP contribution < -0.4 is 21.5 Å². The molecule has 2 amide bonds. The summed E-state index contributed by atoms with van der Waals surface area (Å²) in [5.41, 5.74) is 9.61. The van der Waals surface area contributed by atoms with Crippen molar-refractivity contribution in [1.29, 1.82) is 5.41 Å². The summed E-state index contributed by atoms with van der Waals surface area (Å²) >= 11 is 0.969. The van der Waals surface area contributed by atoms with Crippen molar-refractivity contribution in [3.63, 3.8) is 0 Å². The number of nitrogens with one attached hydrogen (secondary N) is 2. The summed E-state index contributed by atoms with van der Waals surface area (Å²) < 4.78 is 40.8. The van der Waals surface area contributed by atoms with E-state index in [4.69, 9.17) is 31.0 Å². The zero-order valence-electron chi connectivity index (χ0n) is 20.9. The van der Waals surface area contributed by atoms with Gasteiger partial charge < -0.3 is 31.5 Å². The third kappa shape index (κ3) is 7.40. The van der Waals surface area contributed by atoms with Crippen LogP contribution in [0.4, 0.5) is 5.13 Å². The van der Waals surface area contributed by atoms with E-state index in [-0.39, 0.29) is 23.3 Å². The summed E-state index contributed by atoms with van der Waals surface area (Å²) in [7, 11) is -5.01. The number of β-lactam (4-membered cyclic amide) rings is 1. The third-order valence-electron chi connectivity index (χ3n) is 5.40. The predicted molar refractivity (Wildman–Crippen MR) is 139 cm³/mol. The van der Waals surface area contributed by atoms with Crippen LogP contribution in [-0.2, 0) is 33.9 Å². The second-order valence-corrected chi connectivity index (χ2v) is 10.7. The van der Waals surface area contributed by atoms with Crippen molar-refractivity contribution in [2.45, 2.75) is 38.0 Å². The van der Waals surface area contributed by atoms with Gasteiger partial charge in [-0.25, -0.2) is 4.98 Å². The van der Waals surface area contributed by atoms with Crippen LogP contribution in [0.5, 0.6) is 5.75 Å². The van der Waals surface area contributed by atoms with E-state index in [0.29, 0.717) is 16.4 Å². The lowest BCUT2D eigenvalue weighted by Crippen LogP contribution is -2.76. The lowest BCUT2D eigenvalue weighted by Gasteiger charge is -2.50. The summed E-state index contributed by atoms with van der Waals surface area (Å²) in [4.78, 5) is 46.2. The molecular weight excluding hydrogens is 574 g/mol. The van der Waals surface area contributed by atoms with Crippen LogP contribution in [0.3, 0.4) is 0 Å². The standard InChI is InChI=1S/C21H25N7O10S2/c1-21(2)16(19(32)28(21)38-40(33,34)35)26-18(31)15(13-9-39-20(24)25-13)27-37-12(7-14(29)30)8-36-11-5-3-10(4-6-11)17(22)23/h3-6,9,12,16H,7-8H2,1-2H3,(H3,22,23)(H2,24,25)(H,26,31)(H,29,30)(H,33,34,35)/b27-15-/t12?,16-/m1/s1. The average Bonchev–Trinajstić information content (AvgIpc) is 3.29. The van der Waals surface area contributed by atoms with Gasteiger partial charge >= 0.3 is 16.4 Å². The Morgan fingerprint density at radius 1 is 1.32 bits per heavy atom. The summed E-state index contributed by atoms with van der Waals surface area (Å²) in [6, 6.07) is 4.79. The van der Waals surface area contributed by atoms with Gasteiger partial charge in [-0.05, 0) is 38.1 Å². The molecule has 0 saturated carbocycles. The van der Waals surface area contributed by atoms with Gasteiger partial charge in [-0.3, -0.25) is 24.3 Å². The molecule has 1 aliphatic heterocycles. The van der Waals surface area contributed by atoms with E-state index in [9.17, 15) is 27.9 Å². The van der Waals surface area contributed by atoms with Crippen molar-refractivity contribution in [3.05, 3.63) is 40.9 Å². The van der Waals surface area contributed by atoms with Crippen molar-refractivity contribution < 1.29 is 46.3 Å². The maximum absolute atomic E-state index is 13.1. The molecule has 0 bridgehead atoms. The Morgan fingerprint density at radius 2 is 1.98 bits per heavy atom. The molecule has 2 heterocycles. The SMILES string of the molecule is CC1(C)[C@H](NC(=O)/C(=N\OC(COc2ccc(C(=N)N)cc2)CC(=O)O)c2csc(N)n2)C(=O)N1OS(=O)(=O)O. The van der Waals surface area contributed by atoms with Gasteiger partial charge in [-0.15, -0.1) is 15.6 Å². The normalized spacial score (nSPS) is 17.5. The fourth-order valence-corrected chi connectivity index (χ4v) is 4.39. The summed E-state index contributed by atoms with van der Waals surface area (Å²) in [6.45, 7) is 2.42. The molecule has 17 nitrogen and oxygen atoms in total. The Labute approximate surface area is 231 Å². The predicted octanol–water partition coefficient (Wildman–Crippen LogP) is -0.508. The largest absolute Gasteiger partial charge is 0.490 e. The number of amides is 2. The number of hydrogen-bond acceptors (Lipinski definition) is 13. The Bertz CT molecular complexity index is 1440. The molecule has 19 heteroatoms. The van der Waals surface area contributed by atoms with Gasteiger partial charge in [0.2, 0.25) is 0 Å². The molecule has 3 rings (SSSR count). The average molecular weight is 600 g/mol. The number of rotatable bonds is 13. The number of hydrogen-bond donors (Lipinski definition) is 6. The number of ether oxygens (including phenoxy) is 1.